The first-order chi connectivity index (χ1) is 11.0. The third-order valence-electron chi connectivity index (χ3n) is 4.07. The Bertz CT molecular complexity index is 775. The van der Waals surface area contributed by atoms with E-state index >= 15 is 0 Å². The minimum absolute atomic E-state index is 0.0485. The lowest BCUT2D eigenvalue weighted by molar-refractivity contribution is -0.117. The molecule has 2 aromatic rings. The third-order valence-corrected chi connectivity index (χ3v) is 4.07. The zero-order valence-corrected chi connectivity index (χ0v) is 13.5. The number of nitrogens with one attached hydrogen (secondary N) is 2. The second kappa shape index (κ2) is 5.87. The van der Waals surface area contributed by atoms with Crippen molar-refractivity contribution in [3.8, 4) is 0 Å². The van der Waals surface area contributed by atoms with Crippen molar-refractivity contribution < 1.29 is 9.59 Å². The lowest BCUT2D eigenvalue weighted by Gasteiger charge is -2.09. The van der Waals surface area contributed by atoms with Crippen molar-refractivity contribution in [1.29, 1.82) is 0 Å². The molecular formula is C17H20N4O2. The molecule has 23 heavy (non-hydrogen) atoms. The van der Waals surface area contributed by atoms with E-state index < -0.39 is 0 Å². The minimum Gasteiger partial charge on any atom is -0.326 e. The van der Waals surface area contributed by atoms with Crippen LogP contribution < -0.4 is 10.6 Å². The molecule has 120 valence electrons. The molecule has 0 saturated heterocycles. The van der Waals surface area contributed by atoms with E-state index in [4.69, 9.17) is 0 Å². The van der Waals surface area contributed by atoms with Crippen LogP contribution in [0.1, 0.15) is 34.6 Å². The van der Waals surface area contributed by atoms with Crippen molar-refractivity contribution in [3.05, 3.63) is 41.2 Å². The van der Waals surface area contributed by atoms with Crippen molar-refractivity contribution in [2.24, 2.45) is 13.0 Å². The Morgan fingerprint density at radius 3 is 2.39 bits per heavy atom. The van der Waals surface area contributed by atoms with E-state index in [9.17, 15) is 9.59 Å². The van der Waals surface area contributed by atoms with Crippen molar-refractivity contribution in [2.45, 2.75) is 26.7 Å². The van der Waals surface area contributed by atoms with Crippen LogP contribution in [0.4, 0.5) is 11.4 Å². The number of carbonyl (C=O) groups is 2. The number of hydrogen-bond acceptors (Lipinski definition) is 3. The summed E-state index contributed by atoms with van der Waals surface area (Å²) >= 11 is 0. The first-order valence-corrected chi connectivity index (χ1v) is 7.68. The summed E-state index contributed by atoms with van der Waals surface area (Å²) in [4.78, 5) is 24.3. The number of aromatic nitrogens is 2. The fraction of sp³-hybridized carbons (Fsp3) is 0.353. The number of carbonyl (C=O) groups excluding carboxylic acids is 2. The highest BCUT2D eigenvalue weighted by Crippen LogP contribution is 2.30. The van der Waals surface area contributed by atoms with Gasteiger partial charge in [-0.25, -0.2) is 0 Å². The van der Waals surface area contributed by atoms with Gasteiger partial charge in [-0.1, -0.05) is 6.07 Å². The van der Waals surface area contributed by atoms with E-state index in [0.717, 1.165) is 18.5 Å². The van der Waals surface area contributed by atoms with Crippen LogP contribution in [0.2, 0.25) is 0 Å². The summed E-state index contributed by atoms with van der Waals surface area (Å²) in [6.45, 7) is 3.68. The lowest BCUT2D eigenvalue weighted by atomic mass is 10.1. The first-order valence-electron chi connectivity index (χ1n) is 7.68. The van der Waals surface area contributed by atoms with E-state index in [0.29, 0.717) is 22.6 Å². The lowest BCUT2D eigenvalue weighted by Crippen LogP contribution is -2.15. The normalized spacial score (nSPS) is 13.7. The van der Waals surface area contributed by atoms with Crippen molar-refractivity contribution in [3.63, 3.8) is 0 Å². The van der Waals surface area contributed by atoms with E-state index in [1.807, 2.05) is 27.0 Å². The Hall–Kier alpha value is -2.63. The van der Waals surface area contributed by atoms with Crippen molar-refractivity contribution in [1.82, 2.24) is 9.78 Å². The number of amides is 2. The van der Waals surface area contributed by atoms with Gasteiger partial charge in [0.2, 0.25) is 5.91 Å². The molecule has 0 radical (unpaired) electrons. The Labute approximate surface area is 134 Å². The number of aryl methyl sites for hydroxylation is 2. The standard InChI is InChI=1S/C17H20N4O2/c1-10-15(11(2)21(3)20-10)17(23)19-14-6-4-5-13(9-14)18-16(22)12-7-8-12/h4-6,9,12H,7-8H2,1-3H3,(H,18,22)(H,19,23). The molecule has 1 aromatic carbocycles. The second-order valence-corrected chi connectivity index (χ2v) is 5.97. The average Bonchev–Trinajstić information content (AvgIpc) is 3.28. The number of anilines is 2. The molecule has 0 unspecified atom stereocenters. The Kier molecular flexibility index (Phi) is 3.90. The highest BCUT2D eigenvalue weighted by molar-refractivity contribution is 6.06. The van der Waals surface area contributed by atoms with Crippen LogP contribution in [-0.4, -0.2) is 21.6 Å². The molecular weight excluding hydrogens is 292 g/mol. The molecule has 1 saturated carbocycles. The Morgan fingerprint density at radius 1 is 1.17 bits per heavy atom. The number of rotatable bonds is 4. The van der Waals surface area contributed by atoms with Gasteiger partial charge in [-0.05, 0) is 44.9 Å². The van der Waals surface area contributed by atoms with Gasteiger partial charge in [0.25, 0.3) is 5.91 Å². The summed E-state index contributed by atoms with van der Waals surface area (Å²) < 4.78 is 1.69. The fourth-order valence-electron chi connectivity index (χ4n) is 2.56. The van der Waals surface area contributed by atoms with Crippen molar-refractivity contribution >= 4 is 23.2 Å². The van der Waals surface area contributed by atoms with Gasteiger partial charge in [-0.3, -0.25) is 14.3 Å². The fourth-order valence-corrected chi connectivity index (χ4v) is 2.56. The summed E-state index contributed by atoms with van der Waals surface area (Å²) in [5.74, 6) is 0.000124. The van der Waals surface area contributed by atoms with Crippen LogP contribution >= 0.6 is 0 Å². The van der Waals surface area contributed by atoms with Crippen LogP contribution in [0.15, 0.2) is 24.3 Å². The maximum atomic E-state index is 12.5. The highest BCUT2D eigenvalue weighted by Gasteiger charge is 2.29. The zero-order chi connectivity index (χ0) is 16.6. The molecule has 1 aliphatic carbocycles. The van der Waals surface area contributed by atoms with Crippen LogP contribution in [0.3, 0.4) is 0 Å². The predicted octanol–water partition coefficient (Wildman–Crippen LogP) is 2.64. The van der Waals surface area contributed by atoms with Crippen LogP contribution in [0.25, 0.3) is 0 Å². The van der Waals surface area contributed by atoms with Gasteiger partial charge in [0, 0.05) is 30.0 Å². The monoisotopic (exact) mass is 312 g/mol. The van der Waals surface area contributed by atoms with Gasteiger partial charge in [0.1, 0.15) is 0 Å². The number of benzene rings is 1. The molecule has 0 atom stereocenters. The molecule has 1 aromatic heterocycles. The number of nitrogens with zero attached hydrogens (tertiary/aromatic N) is 2. The molecule has 0 aliphatic heterocycles. The van der Waals surface area contributed by atoms with Crippen molar-refractivity contribution in [2.75, 3.05) is 10.6 Å². The second-order valence-electron chi connectivity index (χ2n) is 5.97. The largest absolute Gasteiger partial charge is 0.326 e. The first kappa shape index (κ1) is 15.3. The van der Waals surface area contributed by atoms with Gasteiger partial charge < -0.3 is 10.6 Å². The molecule has 2 amide bonds. The Balaban J connectivity index is 1.74. The van der Waals surface area contributed by atoms with Crippen LogP contribution in [-0.2, 0) is 11.8 Å². The summed E-state index contributed by atoms with van der Waals surface area (Å²) in [6.07, 6.45) is 1.92. The average molecular weight is 312 g/mol. The van der Waals surface area contributed by atoms with Gasteiger partial charge in [-0.15, -0.1) is 0 Å². The summed E-state index contributed by atoms with van der Waals surface area (Å²) in [5.41, 5.74) is 3.43. The molecule has 6 nitrogen and oxygen atoms in total. The van der Waals surface area contributed by atoms with E-state index in [1.54, 1.807) is 22.9 Å². The minimum atomic E-state index is -0.196. The van der Waals surface area contributed by atoms with Gasteiger partial charge in [0.05, 0.1) is 11.3 Å². The topological polar surface area (TPSA) is 76.0 Å². The maximum Gasteiger partial charge on any atom is 0.259 e. The Morgan fingerprint density at radius 2 is 1.83 bits per heavy atom. The van der Waals surface area contributed by atoms with E-state index in [1.165, 1.54) is 0 Å². The number of hydrogen-bond donors (Lipinski definition) is 2. The molecule has 1 aliphatic rings. The SMILES string of the molecule is Cc1nn(C)c(C)c1C(=O)Nc1cccc(NC(=O)C2CC2)c1. The molecule has 2 N–H and O–H groups in total. The van der Waals surface area contributed by atoms with E-state index in [-0.39, 0.29) is 17.7 Å². The summed E-state index contributed by atoms with van der Waals surface area (Å²) in [5, 5.41) is 10.0. The molecule has 1 fully saturated rings. The van der Waals surface area contributed by atoms with Gasteiger partial charge >= 0.3 is 0 Å². The summed E-state index contributed by atoms with van der Waals surface area (Å²) in [6, 6.07) is 7.18. The summed E-state index contributed by atoms with van der Waals surface area (Å²) in [7, 11) is 1.81. The van der Waals surface area contributed by atoms with Gasteiger partial charge in [0.15, 0.2) is 0 Å². The predicted molar refractivity (Wildman–Crippen MR) is 88.4 cm³/mol. The smallest absolute Gasteiger partial charge is 0.259 e. The zero-order valence-electron chi connectivity index (χ0n) is 13.5. The molecule has 1 heterocycles. The third kappa shape index (κ3) is 3.26. The molecule has 6 heteroatoms. The van der Waals surface area contributed by atoms with Crippen LogP contribution in [0, 0.1) is 19.8 Å². The molecule has 3 rings (SSSR count). The van der Waals surface area contributed by atoms with E-state index in [2.05, 4.69) is 15.7 Å². The quantitative estimate of drug-likeness (QED) is 0.911. The maximum absolute atomic E-state index is 12.5. The highest BCUT2D eigenvalue weighted by atomic mass is 16.2. The molecule has 0 bridgehead atoms. The van der Waals surface area contributed by atoms with Gasteiger partial charge in [-0.2, -0.15) is 5.10 Å². The van der Waals surface area contributed by atoms with Crippen LogP contribution in [0.5, 0.6) is 0 Å². The molecule has 0 spiro atoms.